The predicted octanol–water partition coefficient (Wildman–Crippen LogP) is -1.34. The Labute approximate surface area is 102 Å². The first-order valence-corrected chi connectivity index (χ1v) is 5.77. The second-order valence-corrected chi connectivity index (χ2v) is 3.64. The predicted molar refractivity (Wildman–Crippen MR) is 66.4 cm³/mol. The standard InChI is InChI=1S/C10H23N5O2/c1-3-9(16)12-4-6-15(2)7-5-13-10(17)14-8-11/h3-8,11H2,1-2H3,(H,12,16)(H2,13,14,17). The van der Waals surface area contributed by atoms with Crippen molar-refractivity contribution in [3.8, 4) is 0 Å². The van der Waals surface area contributed by atoms with Gasteiger partial charge in [0.25, 0.3) is 0 Å². The molecule has 100 valence electrons. The van der Waals surface area contributed by atoms with Crippen LogP contribution in [0.1, 0.15) is 13.3 Å². The summed E-state index contributed by atoms with van der Waals surface area (Å²) >= 11 is 0. The fraction of sp³-hybridized carbons (Fsp3) is 0.800. The third-order valence-electron chi connectivity index (χ3n) is 2.18. The lowest BCUT2D eigenvalue weighted by Gasteiger charge is -2.17. The number of nitrogens with zero attached hydrogens (tertiary/aromatic N) is 1. The van der Waals surface area contributed by atoms with Gasteiger partial charge in [0.1, 0.15) is 0 Å². The molecular formula is C10H23N5O2. The minimum atomic E-state index is -0.264. The fourth-order valence-electron chi connectivity index (χ4n) is 1.14. The van der Waals surface area contributed by atoms with Crippen LogP contribution in [-0.2, 0) is 4.79 Å². The highest BCUT2D eigenvalue weighted by molar-refractivity contribution is 5.75. The number of nitrogens with one attached hydrogen (secondary N) is 3. The molecule has 0 aromatic carbocycles. The third kappa shape index (κ3) is 9.58. The molecule has 0 atom stereocenters. The van der Waals surface area contributed by atoms with Gasteiger partial charge in [-0.25, -0.2) is 4.79 Å². The van der Waals surface area contributed by atoms with Crippen LogP contribution in [0.5, 0.6) is 0 Å². The Morgan fingerprint density at radius 3 is 2.24 bits per heavy atom. The van der Waals surface area contributed by atoms with E-state index in [2.05, 4.69) is 16.0 Å². The molecule has 17 heavy (non-hydrogen) atoms. The lowest BCUT2D eigenvalue weighted by atomic mass is 10.4. The van der Waals surface area contributed by atoms with Gasteiger partial charge >= 0.3 is 6.03 Å². The molecule has 0 aromatic rings. The van der Waals surface area contributed by atoms with Crippen molar-refractivity contribution in [2.75, 3.05) is 39.9 Å². The summed E-state index contributed by atoms with van der Waals surface area (Å²) in [5.41, 5.74) is 5.15. The number of amides is 3. The molecule has 7 nitrogen and oxygen atoms in total. The highest BCUT2D eigenvalue weighted by atomic mass is 16.2. The largest absolute Gasteiger partial charge is 0.355 e. The van der Waals surface area contributed by atoms with E-state index in [1.165, 1.54) is 0 Å². The molecule has 0 saturated carbocycles. The van der Waals surface area contributed by atoms with Gasteiger partial charge in [-0.3, -0.25) is 4.79 Å². The number of hydrogen-bond acceptors (Lipinski definition) is 4. The van der Waals surface area contributed by atoms with Crippen molar-refractivity contribution in [3.05, 3.63) is 0 Å². The maximum atomic E-state index is 11.0. The van der Waals surface area contributed by atoms with Gasteiger partial charge in [-0.2, -0.15) is 0 Å². The molecule has 0 aliphatic heterocycles. The van der Waals surface area contributed by atoms with Crippen molar-refractivity contribution < 1.29 is 9.59 Å². The maximum Gasteiger partial charge on any atom is 0.315 e. The molecule has 0 fully saturated rings. The van der Waals surface area contributed by atoms with Crippen LogP contribution >= 0.6 is 0 Å². The molecule has 0 spiro atoms. The zero-order chi connectivity index (χ0) is 13.1. The number of nitrogens with two attached hydrogens (primary N) is 1. The zero-order valence-electron chi connectivity index (χ0n) is 10.6. The molecule has 7 heteroatoms. The first-order valence-electron chi connectivity index (χ1n) is 5.77. The van der Waals surface area contributed by atoms with Crippen molar-refractivity contribution in [2.24, 2.45) is 5.73 Å². The van der Waals surface area contributed by atoms with Gasteiger partial charge in [0, 0.05) is 32.6 Å². The molecule has 0 radical (unpaired) electrons. The molecule has 0 aromatic heterocycles. The topological polar surface area (TPSA) is 99.5 Å². The van der Waals surface area contributed by atoms with Gasteiger partial charge in [-0.1, -0.05) is 6.92 Å². The van der Waals surface area contributed by atoms with Crippen LogP contribution in [-0.4, -0.2) is 56.7 Å². The smallest absolute Gasteiger partial charge is 0.315 e. The Morgan fingerprint density at radius 1 is 1.12 bits per heavy atom. The van der Waals surface area contributed by atoms with E-state index in [1.54, 1.807) is 0 Å². The van der Waals surface area contributed by atoms with Crippen LogP contribution in [0.3, 0.4) is 0 Å². The summed E-state index contributed by atoms with van der Waals surface area (Å²) in [5, 5.41) is 7.89. The first kappa shape index (κ1) is 15.7. The van der Waals surface area contributed by atoms with Gasteiger partial charge in [-0.05, 0) is 7.05 Å². The molecule has 3 amide bonds. The van der Waals surface area contributed by atoms with Crippen molar-refractivity contribution in [2.45, 2.75) is 13.3 Å². The molecule has 0 aliphatic carbocycles. The van der Waals surface area contributed by atoms with Crippen LogP contribution in [0.2, 0.25) is 0 Å². The SMILES string of the molecule is CCC(=O)NCCN(C)CCNC(=O)NCN. The summed E-state index contributed by atoms with van der Waals surface area (Å²) in [4.78, 5) is 24.0. The molecule has 0 aliphatic rings. The Kier molecular flexibility index (Phi) is 9.08. The monoisotopic (exact) mass is 245 g/mol. The zero-order valence-corrected chi connectivity index (χ0v) is 10.6. The lowest BCUT2D eigenvalue weighted by Crippen LogP contribution is -2.42. The van der Waals surface area contributed by atoms with Gasteiger partial charge in [-0.15, -0.1) is 0 Å². The number of rotatable bonds is 8. The Bertz CT molecular complexity index is 235. The summed E-state index contributed by atoms with van der Waals surface area (Å²) in [6.07, 6.45) is 0.504. The number of carbonyl (C=O) groups is 2. The summed E-state index contributed by atoms with van der Waals surface area (Å²) in [7, 11) is 1.93. The molecule has 0 unspecified atom stereocenters. The molecule has 0 rings (SSSR count). The highest BCUT2D eigenvalue weighted by Gasteiger charge is 2.01. The summed E-state index contributed by atoms with van der Waals surface area (Å²) < 4.78 is 0. The molecule has 0 heterocycles. The Hall–Kier alpha value is -1.34. The van der Waals surface area contributed by atoms with Crippen LogP contribution in [0.25, 0.3) is 0 Å². The van der Waals surface area contributed by atoms with Crippen LogP contribution < -0.4 is 21.7 Å². The molecule has 0 saturated heterocycles. The van der Waals surface area contributed by atoms with Gasteiger partial charge in [0.05, 0.1) is 6.67 Å². The van der Waals surface area contributed by atoms with E-state index >= 15 is 0 Å². The van der Waals surface area contributed by atoms with Crippen molar-refractivity contribution in [3.63, 3.8) is 0 Å². The first-order chi connectivity index (χ1) is 8.10. The lowest BCUT2D eigenvalue weighted by molar-refractivity contribution is -0.120. The number of carbonyl (C=O) groups excluding carboxylic acids is 2. The van der Waals surface area contributed by atoms with Gasteiger partial charge in [0.2, 0.25) is 5.91 Å². The molecule has 0 bridgehead atoms. The number of hydrogen-bond donors (Lipinski definition) is 4. The summed E-state index contributed by atoms with van der Waals surface area (Å²) in [5.74, 6) is 0.0545. The fourth-order valence-corrected chi connectivity index (χ4v) is 1.14. The second kappa shape index (κ2) is 9.86. The van der Waals surface area contributed by atoms with Gasteiger partial charge in [0.15, 0.2) is 0 Å². The van der Waals surface area contributed by atoms with Gasteiger partial charge < -0.3 is 26.6 Å². The minimum absolute atomic E-state index is 0.0545. The van der Waals surface area contributed by atoms with Crippen LogP contribution in [0, 0.1) is 0 Å². The molecule has 5 N–H and O–H groups in total. The van der Waals surface area contributed by atoms with E-state index in [0.29, 0.717) is 19.5 Å². The van der Waals surface area contributed by atoms with Crippen LogP contribution in [0.15, 0.2) is 0 Å². The number of likely N-dealkylation sites (N-methyl/N-ethyl adjacent to an activating group) is 1. The minimum Gasteiger partial charge on any atom is -0.355 e. The average Bonchev–Trinajstić information content (AvgIpc) is 2.29. The second-order valence-electron chi connectivity index (χ2n) is 3.64. The highest BCUT2D eigenvalue weighted by Crippen LogP contribution is 1.80. The average molecular weight is 245 g/mol. The van der Waals surface area contributed by atoms with E-state index in [9.17, 15) is 9.59 Å². The summed E-state index contributed by atoms with van der Waals surface area (Å²) in [6, 6.07) is -0.264. The van der Waals surface area contributed by atoms with E-state index in [0.717, 1.165) is 13.1 Å². The normalized spacial score (nSPS) is 10.1. The van der Waals surface area contributed by atoms with E-state index in [-0.39, 0.29) is 18.6 Å². The van der Waals surface area contributed by atoms with Crippen molar-refractivity contribution >= 4 is 11.9 Å². The molecular weight excluding hydrogens is 222 g/mol. The quantitative estimate of drug-likeness (QED) is 0.398. The Balaban J connectivity index is 3.43. The number of urea groups is 1. The van der Waals surface area contributed by atoms with E-state index in [4.69, 9.17) is 5.73 Å². The van der Waals surface area contributed by atoms with E-state index in [1.807, 2.05) is 18.9 Å². The van der Waals surface area contributed by atoms with E-state index < -0.39 is 0 Å². The third-order valence-corrected chi connectivity index (χ3v) is 2.18. The Morgan fingerprint density at radius 2 is 1.71 bits per heavy atom. The maximum absolute atomic E-state index is 11.0. The van der Waals surface area contributed by atoms with Crippen molar-refractivity contribution in [1.29, 1.82) is 0 Å². The van der Waals surface area contributed by atoms with Crippen LogP contribution in [0.4, 0.5) is 4.79 Å². The van der Waals surface area contributed by atoms with Crippen molar-refractivity contribution in [1.82, 2.24) is 20.9 Å². The summed E-state index contributed by atoms with van der Waals surface area (Å²) in [6.45, 7) is 4.60.